The van der Waals surface area contributed by atoms with Gasteiger partial charge < -0.3 is 39.4 Å². The molecule has 2 aliphatic heterocycles. The van der Waals surface area contributed by atoms with Crippen LogP contribution in [0.15, 0.2) is 36.4 Å². The number of fused-ring (bicyclic) bond motifs is 1. The monoisotopic (exact) mass is 894 g/mol. The van der Waals surface area contributed by atoms with Crippen LogP contribution in [0.5, 0.6) is 11.6 Å². The Hall–Kier alpha value is -4.85. The van der Waals surface area contributed by atoms with Crippen LogP contribution in [0.2, 0.25) is 0 Å². The van der Waals surface area contributed by atoms with E-state index in [1.165, 1.54) is 6.92 Å². The molecule has 4 fully saturated rings. The molecular formula is C42H57F3N6O10S. The first-order valence-corrected chi connectivity index (χ1v) is 22.6. The van der Waals surface area contributed by atoms with Gasteiger partial charge in [-0.15, -0.1) is 0 Å². The summed E-state index contributed by atoms with van der Waals surface area (Å²) >= 11 is 0. The average molecular weight is 895 g/mol. The Morgan fingerprint density at radius 2 is 1.81 bits per heavy atom. The fourth-order valence-electron chi connectivity index (χ4n) is 7.62. The number of anilines is 1. The third kappa shape index (κ3) is 10.3. The van der Waals surface area contributed by atoms with Gasteiger partial charge in [-0.2, -0.15) is 18.2 Å². The first kappa shape index (κ1) is 46.6. The van der Waals surface area contributed by atoms with Crippen molar-refractivity contribution in [2.75, 3.05) is 44.9 Å². The maximum atomic E-state index is 14.6. The zero-order valence-corrected chi connectivity index (χ0v) is 36.7. The van der Waals surface area contributed by atoms with E-state index < -0.39 is 86.4 Å². The molecule has 2 saturated heterocycles. The van der Waals surface area contributed by atoms with Crippen LogP contribution in [-0.4, -0.2) is 123 Å². The van der Waals surface area contributed by atoms with Crippen LogP contribution in [0, 0.1) is 11.8 Å². The van der Waals surface area contributed by atoms with E-state index in [-0.39, 0.29) is 25.3 Å². The fraction of sp³-hybridized carbons (Fsp3) is 0.643. The predicted octanol–water partition coefficient (Wildman–Crippen LogP) is 4.75. The lowest BCUT2D eigenvalue weighted by molar-refractivity contribution is -0.197. The minimum atomic E-state index is -4.86. The summed E-state index contributed by atoms with van der Waals surface area (Å²) in [6, 6.07) is 4.43. The number of ether oxygens (including phenoxy) is 4. The number of nitrogens with one attached hydrogen (secondary N) is 3. The molecular weight excluding hydrogens is 838 g/mol. The summed E-state index contributed by atoms with van der Waals surface area (Å²) in [6.07, 6.45) is -2.85. The number of sulfonamides is 1. The van der Waals surface area contributed by atoms with Crippen LogP contribution in [0.1, 0.15) is 79.6 Å². The smallest absolute Gasteiger partial charge is 0.425 e. The van der Waals surface area contributed by atoms with Crippen molar-refractivity contribution in [3.8, 4) is 11.6 Å². The highest BCUT2D eigenvalue weighted by Crippen LogP contribution is 2.47. The largest absolute Gasteiger partial charge is 0.497 e. The van der Waals surface area contributed by atoms with Gasteiger partial charge >= 0.3 is 12.3 Å². The predicted molar refractivity (Wildman–Crippen MR) is 222 cm³/mol. The molecule has 2 aromatic rings. The summed E-state index contributed by atoms with van der Waals surface area (Å²) in [7, 11) is -2.55. The number of hydrogen-bond acceptors (Lipinski definition) is 12. The van der Waals surface area contributed by atoms with Gasteiger partial charge in [0.15, 0.2) is 6.10 Å². The Bertz CT molecular complexity index is 2150. The number of alkyl halides is 3. The summed E-state index contributed by atoms with van der Waals surface area (Å²) in [6.45, 7) is 9.22. The highest BCUT2D eigenvalue weighted by Gasteiger charge is 2.63. The number of nitrogens with zero attached hydrogens (tertiary/aromatic N) is 3. The zero-order valence-electron chi connectivity index (χ0n) is 35.9. The molecule has 4 aliphatic rings. The number of halogens is 3. The number of benzene rings is 1. The van der Waals surface area contributed by atoms with Gasteiger partial charge in [0.1, 0.15) is 35.3 Å². The standard InChI is InChI=1S/C42H57F3N6O10S/c1-7-8-9-10-11-28-23-41(28,38(54)49-62(56,57)40(5)14-15-40)48-35(52)32-22-30(24-51(32)37(53)34(25(2)3)47-39(55)60-26(4)42(43,44)45)61-36-31-13-12-29(58-6)20-27(31)21-33(46-36)50-16-18-59-19-17-50/h10-13,20-21,25-26,28,30,32,34H,7-9,14-19,22-24H2,1-6H3,(H,47,55)(H,48,52)(H,49,54). The number of methoxy groups -OCH3 is 1. The molecule has 62 heavy (non-hydrogen) atoms. The Labute approximate surface area is 359 Å². The number of amides is 4. The van der Waals surface area contributed by atoms with E-state index in [1.54, 1.807) is 39.2 Å². The summed E-state index contributed by atoms with van der Waals surface area (Å²) in [5.74, 6) is -2.39. The van der Waals surface area contributed by atoms with Gasteiger partial charge in [-0.25, -0.2) is 13.2 Å². The second-order valence-corrected chi connectivity index (χ2v) is 19.3. The Morgan fingerprint density at radius 3 is 2.44 bits per heavy atom. The summed E-state index contributed by atoms with van der Waals surface area (Å²) in [5, 5.41) is 6.41. The second-order valence-electron chi connectivity index (χ2n) is 17.1. The van der Waals surface area contributed by atoms with Crippen LogP contribution in [0.3, 0.4) is 0 Å². The van der Waals surface area contributed by atoms with Gasteiger partial charge in [-0.1, -0.05) is 45.8 Å². The number of pyridine rings is 1. The van der Waals surface area contributed by atoms with Crippen LogP contribution in [0.4, 0.5) is 23.8 Å². The molecule has 0 bridgehead atoms. The number of carbonyl (C=O) groups is 4. The SMILES string of the molecule is CCCCC=CC1CC1(NC(=O)C1CC(Oc2nc(N3CCOCC3)cc3cc(OC)ccc23)CN1C(=O)C(NC(=O)OC(C)C(F)(F)F)C(C)C)C(=O)NS(=O)(=O)C1(C)CC1. The maximum absolute atomic E-state index is 14.6. The van der Waals surface area contributed by atoms with Gasteiger partial charge in [-0.05, 0) is 75.1 Å². The number of likely N-dealkylation sites (tertiary alicyclic amines) is 1. The minimum Gasteiger partial charge on any atom is -0.497 e. The quantitative estimate of drug-likeness (QED) is 0.146. The summed E-state index contributed by atoms with van der Waals surface area (Å²) in [4.78, 5) is 64.0. The molecule has 20 heteroatoms. The minimum absolute atomic E-state index is 0.0904. The van der Waals surface area contributed by atoms with Crippen molar-refractivity contribution in [2.45, 2.75) is 120 Å². The van der Waals surface area contributed by atoms with E-state index in [4.69, 9.17) is 19.2 Å². The van der Waals surface area contributed by atoms with Crippen LogP contribution < -0.4 is 29.7 Å². The highest BCUT2D eigenvalue weighted by molar-refractivity contribution is 7.91. The van der Waals surface area contributed by atoms with E-state index in [0.717, 1.165) is 23.1 Å². The van der Waals surface area contributed by atoms with Gasteiger partial charge in [-0.3, -0.25) is 19.1 Å². The van der Waals surface area contributed by atoms with Crippen molar-refractivity contribution in [1.29, 1.82) is 0 Å². The lowest BCUT2D eigenvalue weighted by atomic mass is 10.0. The lowest BCUT2D eigenvalue weighted by Gasteiger charge is -2.31. The number of hydrogen-bond donors (Lipinski definition) is 3. The van der Waals surface area contributed by atoms with Crippen molar-refractivity contribution in [3.63, 3.8) is 0 Å². The molecule has 16 nitrogen and oxygen atoms in total. The topological polar surface area (TPSA) is 195 Å². The Balaban J connectivity index is 1.33. The molecule has 6 rings (SSSR count). The normalized spacial score (nSPS) is 24.4. The third-order valence-corrected chi connectivity index (χ3v) is 14.3. The number of rotatable bonds is 17. The molecule has 6 atom stereocenters. The van der Waals surface area contributed by atoms with Crippen molar-refractivity contribution in [1.82, 2.24) is 25.2 Å². The Kier molecular flexibility index (Phi) is 13.9. The molecule has 4 amide bonds. The van der Waals surface area contributed by atoms with Gasteiger partial charge in [0.05, 0.1) is 31.6 Å². The van der Waals surface area contributed by atoms with Crippen molar-refractivity contribution >= 4 is 50.4 Å². The van der Waals surface area contributed by atoms with Crippen LogP contribution >= 0.6 is 0 Å². The van der Waals surface area contributed by atoms with E-state index in [2.05, 4.69) is 20.1 Å². The molecule has 1 aromatic carbocycles. The van der Waals surface area contributed by atoms with Crippen molar-refractivity contribution < 1.29 is 59.7 Å². The molecule has 1 aromatic heterocycles. The fourth-order valence-corrected chi connectivity index (χ4v) is 8.94. The van der Waals surface area contributed by atoms with Crippen LogP contribution in [0.25, 0.3) is 10.8 Å². The summed E-state index contributed by atoms with van der Waals surface area (Å²) < 4.78 is 89.6. The number of alkyl carbamates (subject to hydrolysis) is 1. The molecule has 3 heterocycles. The number of allylic oxidation sites excluding steroid dienone is 1. The Morgan fingerprint density at radius 1 is 1.10 bits per heavy atom. The third-order valence-electron chi connectivity index (χ3n) is 12.1. The lowest BCUT2D eigenvalue weighted by Crippen LogP contribution is -2.59. The van der Waals surface area contributed by atoms with E-state index in [9.17, 15) is 40.8 Å². The molecule has 342 valence electrons. The molecule has 6 unspecified atom stereocenters. The summed E-state index contributed by atoms with van der Waals surface area (Å²) in [5.41, 5.74) is -1.66. The molecule has 2 aliphatic carbocycles. The highest BCUT2D eigenvalue weighted by atomic mass is 32.2. The van der Waals surface area contributed by atoms with Gasteiger partial charge in [0, 0.05) is 30.8 Å². The average Bonchev–Trinajstić information content (AvgIpc) is 4.11. The molecule has 0 radical (unpaired) electrons. The zero-order chi connectivity index (χ0) is 45.2. The van der Waals surface area contributed by atoms with Gasteiger partial charge in [0.25, 0.3) is 5.91 Å². The molecule has 0 spiro atoms. The van der Waals surface area contributed by atoms with Crippen molar-refractivity contribution in [3.05, 3.63) is 36.4 Å². The second kappa shape index (κ2) is 18.5. The van der Waals surface area contributed by atoms with E-state index in [1.807, 2.05) is 30.0 Å². The number of carbonyl (C=O) groups excluding carboxylic acids is 4. The maximum Gasteiger partial charge on any atom is 0.425 e. The van der Waals surface area contributed by atoms with E-state index in [0.29, 0.717) is 69.4 Å². The van der Waals surface area contributed by atoms with E-state index >= 15 is 0 Å². The first-order valence-electron chi connectivity index (χ1n) is 21.1. The molecule has 2 saturated carbocycles. The van der Waals surface area contributed by atoms with Gasteiger partial charge in [0.2, 0.25) is 27.7 Å². The van der Waals surface area contributed by atoms with Crippen molar-refractivity contribution in [2.24, 2.45) is 11.8 Å². The number of unbranched alkanes of at least 4 members (excludes halogenated alkanes) is 2. The number of morpholine rings is 1. The first-order chi connectivity index (χ1) is 29.2. The molecule has 3 N–H and O–H groups in total. The van der Waals surface area contributed by atoms with Crippen LogP contribution in [-0.2, 0) is 33.9 Å². The number of aromatic nitrogens is 1.